The predicted octanol–water partition coefficient (Wildman–Crippen LogP) is 1.70. The zero-order valence-electron chi connectivity index (χ0n) is 16.6. The minimum atomic E-state index is -0.420. The van der Waals surface area contributed by atoms with E-state index in [9.17, 15) is 14.9 Å². The van der Waals surface area contributed by atoms with Crippen molar-refractivity contribution in [1.29, 1.82) is 5.26 Å². The van der Waals surface area contributed by atoms with Crippen molar-refractivity contribution >= 4 is 17.8 Å². The lowest BCUT2D eigenvalue weighted by Gasteiger charge is -2.33. The molecule has 2 aromatic rings. The first kappa shape index (κ1) is 20.0. The molecule has 0 spiro atoms. The van der Waals surface area contributed by atoms with Gasteiger partial charge in [-0.1, -0.05) is 12.8 Å². The average Bonchev–Trinajstić information content (AvgIpc) is 3.49. The Labute approximate surface area is 173 Å². The van der Waals surface area contributed by atoms with Crippen LogP contribution in [0.25, 0.3) is 11.7 Å². The molecular formula is C20H24N6O4. The lowest BCUT2D eigenvalue weighted by Crippen LogP contribution is -2.51. The zero-order chi connectivity index (χ0) is 20.9. The van der Waals surface area contributed by atoms with Crippen LogP contribution in [-0.2, 0) is 4.79 Å². The van der Waals surface area contributed by atoms with Gasteiger partial charge in [-0.2, -0.15) is 10.2 Å². The Morgan fingerprint density at radius 2 is 2.00 bits per heavy atom. The molecule has 1 aliphatic heterocycles. The number of nitriles is 1. The second-order valence-corrected chi connectivity index (χ2v) is 7.53. The van der Waals surface area contributed by atoms with Crippen LogP contribution in [0.5, 0.6) is 0 Å². The van der Waals surface area contributed by atoms with Crippen molar-refractivity contribution in [2.24, 2.45) is 0 Å². The van der Waals surface area contributed by atoms with E-state index in [0.717, 1.165) is 25.7 Å². The first-order valence-electron chi connectivity index (χ1n) is 10.1. The van der Waals surface area contributed by atoms with Gasteiger partial charge >= 0.3 is 6.03 Å². The summed E-state index contributed by atoms with van der Waals surface area (Å²) in [6.07, 6.45) is 5.69. The van der Waals surface area contributed by atoms with E-state index in [4.69, 9.17) is 8.83 Å². The molecule has 10 nitrogen and oxygen atoms in total. The summed E-state index contributed by atoms with van der Waals surface area (Å²) in [7, 11) is 0. The Bertz CT molecular complexity index is 918. The van der Waals surface area contributed by atoms with Crippen molar-refractivity contribution in [3.63, 3.8) is 0 Å². The third kappa shape index (κ3) is 4.63. The molecule has 0 aromatic carbocycles. The van der Waals surface area contributed by atoms with Crippen LogP contribution in [0.3, 0.4) is 0 Å². The molecule has 0 unspecified atom stereocenters. The van der Waals surface area contributed by atoms with Gasteiger partial charge in [0.1, 0.15) is 6.07 Å². The molecule has 2 N–H and O–H groups in total. The smallest absolute Gasteiger partial charge is 0.321 e. The molecule has 10 heteroatoms. The van der Waals surface area contributed by atoms with Gasteiger partial charge in [-0.15, -0.1) is 0 Å². The van der Waals surface area contributed by atoms with E-state index in [-0.39, 0.29) is 30.1 Å². The molecule has 1 saturated heterocycles. The Morgan fingerprint density at radius 3 is 2.67 bits per heavy atom. The van der Waals surface area contributed by atoms with E-state index in [1.807, 2.05) is 9.80 Å². The number of piperazine rings is 1. The van der Waals surface area contributed by atoms with Gasteiger partial charge < -0.3 is 19.1 Å². The van der Waals surface area contributed by atoms with Gasteiger partial charge in [-0.25, -0.2) is 4.79 Å². The Morgan fingerprint density at radius 1 is 1.23 bits per heavy atom. The topological polar surface area (TPSA) is 128 Å². The fraction of sp³-hybridized carbons (Fsp3) is 0.500. The quantitative estimate of drug-likeness (QED) is 0.759. The van der Waals surface area contributed by atoms with Crippen molar-refractivity contribution < 1.29 is 18.4 Å². The highest BCUT2D eigenvalue weighted by Crippen LogP contribution is 2.29. The summed E-state index contributed by atoms with van der Waals surface area (Å²) in [5.41, 5.74) is 0.205. The summed E-state index contributed by atoms with van der Waals surface area (Å²) in [6.45, 7) is 2.48. The lowest BCUT2D eigenvalue weighted by atomic mass is 10.2. The summed E-state index contributed by atoms with van der Waals surface area (Å²) < 4.78 is 11.1. The number of nitrogens with zero attached hydrogens (tertiary/aromatic N) is 4. The van der Waals surface area contributed by atoms with E-state index in [2.05, 4.69) is 21.7 Å². The largest absolute Gasteiger partial charge is 0.459 e. The van der Waals surface area contributed by atoms with Crippen LogP contribution < -0.4 is 15.5 Å². The van der Waals surface area contributed by atoms with Crippen LogP contribution in [-0.4, -0.2) is 60.6 Å². The molecule has 3 heterocycles. The minimum Gasteiger partial charge on any atom is -0.459 e. The van der Waals surface area contributed by atoms with Crippen LogP contribution >= 0.6 is 0 Å². The molecule has 0 bridgehead atoms. The van der Waals surface area contributed by atoms with Gasteiger partial charge in [0.2, 0.25) is 17.5 Å². The van der Waals surface area contributed by atoms with Crippen LogP contribution in [0.15, 0.2) is 27.2 Å². The number of hydrogen-bond acceptors (Lipinski definition) is 8. The number of aromatic nitrogens is 1. The van der Waals surface area contributed by atoms with Crippen molar-refractivity contribution in [1.82, 2.24) is 20.5 Å². The number of carbonyl (C=O) groups excluding carboxylic acids is 2. The summed E-state index contributed by atoms with van der Waals surface area (Å²) in [6, 6.07) is 5.25. The number of nitrogens with one attached hydrogen (secondary N) is 2. The highest BCUT2D eigenvalue weighted by molar-refractivity contribution is 5.95. The molecule has 30 heavy (non-hydrogen) atoms. The molecular weight excluding hydrogens is 388 g/mol. The summed E-state index contributed by atoms with van der Waals surface area (Å²) in [5.74, 6) is 0.811. The van der Waals surface area contributed by atoms with Crippen LogP contribution in [0.2, 0.25) is 0 Å². The zero-order valence-corrected chi connectivity index (χ0v) is 16.6. The van der Waals surface area contributed by atoms with Gasteiger partial charge in [0, 0.05) is 32.2 Å². The second kappa shape index (κ2) is 9.00. The monoisotopic (exact) mass is 412 g/mol. The van der Waals surface area contributed by atoms with Gasteiger partial charge in [0.05, 0.1) is 12.8 Å². The SMILES string of the molecule is N#Cc1nc(-c2ccco2)oc1N1CCN(CC(=O)NC(=O)NC2CCCC2)CC1. The maximum Gasteiger partial charge on any atom is 0.321 e. The fourth-order valence-corrected chi connectivity index (χ4v) is 3.87. The number of imide groups is 1. The predicted molar refractivity (Wildman–Crippen MR) is 107 cm³/mol. The van der Waals surface area contributed by atoms with Gasteiger partial charge in [-0.05, 0) is 25.0 Å². The number of rotatable bonds is 5. The normalized spacial score (nSPS) is 17.6. The molecule has 2 aromatic heterocycles. The lowest BCUT2D eigenvalue weighted by molar-refractivity contribution is -0.121. The Kier molecular flexibility index (Phi) is 5.99. The van der Waals surface area contributed by atoms with E-state index in [1.165, 1.54) is 6.26 Å². The highest BCUT2D eigenvalue weighted by atomic mass is 16.4. The number of urea groups is 1. The van der Waals surface area contributed by atoms with Crippen molar-refractivity contribution in [3.8, 4) is 17.7 Å². The first-order valence-corrected chi connectivity index (χ1v) is 10.1. The maximum absolute atomic E-state index is 12.2. The van der Waals surface area contributed by atoms with Crippen molar-refractivity contribution in [3.05, 3.63) is 24.1 Å². The number of furan rings is 1. The van der Waals surface area contributed by atoms with Gasteiger partial charge in [0.15, 0.2) is 5.76 Å². The summed E-state index contributed by atoms with van der Waals surface area (Å²) >= 11 is 0. The fourth-order valence-electron chi connectivity index (χ4n) is 3.87. The molecule has 2 fully saturated rings. The molecule has 0 radical (unpaired) electrons. The number of oxazole rings is 1. The van der Waals surface area contributed by atoms with Crippen molar-refractivity contribution in [2.45, 2.75) is 31.7 Å². The first-order chi connectivity index (χ1) is 14.6. The van der Waals surface area contributed by atoms with Crippen LogP contribution in [0.1, 0.15) is 31.4 Å². The molecule has 158 valence electrons. The third-order valence-electron chi connectivity index (χ3n) is 5.42. The van der Waals surface area contributed by atoms with Gasteiger partial charge in [-0.3, -0.25) is 15.0 Å². The molecule has 2 aliphatic rings. The molecule has 4 rings (SSSR count). The number of amides is 3. The molecule has 1 saturated carbocycles. The standard InChI is InChI=1S/C20H24N6O4/c21-12-15-19(30-18(23-15)16-6-3-11-29-16)26-9-7-25(8-10-26)13-17(27)24-20(28)22-14-4-1-2-5-14/h3,6,11,14H,1-2,4-5,7-10,13H2,(H2,22,24,27,28). The molecule has 1 aliphatic carbocycles. The summed E-state index contributed by atoms with van der Waals surface area (Å²) in [5, 5.41) is 14.6. The van der Waals surface area contributed by atoms with E-state index >= 15 is 0 Å². The second-order valence-electron chi connectivity index (χ2n) is 7.53. The van der Waals surface area contributed by atoms with E-state index in [0.29, 0.717) is 37.8 Å². The number of hydrogen-bond donors (Lipinski definition) is 2. The van der Waals surface area contributed by atoms with Crippen molar-refractivity contribution in [2.75, 3.05) is 37.6 Å². The summed E-state index contributed by atoms with van der Waals surface area (Å²) in [4.78, 5) is 32.2. The Balaban J connectivity index is 1.27. The van der Waals surface area contributed by atoms with Crippen LogP contribution in [0.4, 0.5) is 10.7 Å². The minimum absolute atomic E-state index is 0.144. The highest BCUT2D eigenvalue weighted by Gasteiger charge is 2.26. The molecule has 3 amide bonds. The number of anilines is 1. The number of carbonyl (C=O) groups is 2. The maximum atomic E-state index is 12.2. The van der Waals surface area contributed by atoms with E-state index in [1.54, 1.807) is 12.1 Å². The van der Waals surface area contributed by atoms with E-state index < -0.39 is 6.03 Å². The Hall–Kier alpha value is -3.32. The third-order valence-corrected chi connectivity index (χ3v) is 5.42. The average molecular weight is 412 g/mol. The van der Waals surface area contributed by atoms with Gasteiger partial charge in [0.25, 0.3) is 5.89 Å². The van der Waals surface area contributed by atoms with Crippen LogP contribution in [0, 0.1) is 11.3 Å². The molecule has 0 atom stereocenters.